The summed E-state index contributed by atoms with van der Waals surface area (Å²) in [6.07, 6.45) is 0.355. The molecule has 0 saturated heterocycles. The molecule has 3 aromatic rings. The van der Waals surface area contributed by atoms with E-state index < -0.39 is 0 Å². The summed E-state index contributed by atoms with van der Waals surface area (Å²) in [6, 6.07) is 10.0. The average Bonchev–Trinajstić information content (AvgIpc) is 3.20. The number of carbonyl (C=O) groups is 1. The minimum absolute atomic E-state index is 0.0297. The van der Waals surface area contributed by atoms with E-state index in [1.54, 1.807) is 16.0 Å². The second-order valence-corrected chi connectivity index (χ2v) is 6.98. The summed E-state index contributed by atoms with van der Waals surface area (Å²) in [7, 11) is 0. The van der Waals surface area contributed by atoms with E-state index in [0.717, 1.165) is 27.7 Å². The first-order chi connectivity index (χ1) is 12.0. The van der Waals surface area contributed by atoms with Crippen LogP contribution in [0.25, 0.3) is 10.6 Å². The Hall–Kier alpha value is -2.18. The molecular formula is C18H19ClN4OS. The standard InChI is InChI=1S/C18H19ClN4OS/c1-12-17(19)13(2)23(22-12)9-8-16(24)20-10-15-11-25-18(21-15)14-6-4-3-5-7-14/h3-7,11H,8-10H2,1-2H3,(H,20,24). The first-order valence-electron chi connectivity index (χ1n) is 8.00. The van der Waals surface area contributed by atoms with Gasteiger partial charge >= 0.3 is 0 Å². The molecule has 0 bridgehead atoms. The summed E-state index contributed by atoms with van der Waals surface area (Å²) in [5.74, 6) is -0.0297. The number of halogens is 1. The fourth-order valence-electron chi connectivity index (χ4n) is 2.48. The number of rotatable bonds is 6. The van der Waals surface area contributed by atoms with Gasteiger partial charge in [0.2, 0.25) is 5.91 Å². The highest BCUT2D eigenvalue weighted by molar-refractivity contribution is 7.13. The predicted octanol–water partition coefficient (Wildman–Crippen LogP) is 3.98. The van der Waals surface area contributed by atoms with Crippen molar-refractivity contribution >= 4 is 28.8 Å². The molecule has 0 aliphatic heterocycles. The second-order valence-electron chi connectivity index (χ2n) is 5.74. The third-order valence-electron chi connectivity index (χ3n) is 3.88. The molecule has 0 atom stereocenters. The number of aromatic nitrogens is 3. The maximum Gasteiger partial charge on any atom is 0.222 e. The van der Waals surface area contributed by atoms with Crippen molar-refractivity contribution in [1.82, 2.24) is 20.1 Å². The molecule has 2 heterocycles. The van der Waals surface area contributed by atoms with Crippen molar-refractivity contribution in [2.75, 3.05) is 0 Å². The fraction of sp³-hybridized carbons (Fsp3) is 0.278. The zero-order valence-electron chi connectivity index (χ0n) is 14.1. The molecule has 1 amide bonds. The van der Waals surface area contributed by atoms with Crippen LogP contribution in [0, 0.1) is 13.8 Å². The Morgan fingerprint density at radius 3 is 2.72 bits per heavy atom. The van der Waals surface area contributed by atoms with Crippen molar-refractivity contribution in [1.29, 1.82) is 0 Å². The summed E-state index contributed by atoms with van der Waals surface area (Å²) >= 11 is 7.70. The van der Waals surface area contributed by atoms with Gasteiger partial charge in [-0.1, -0.05) is 41.9 Å². The number of aryl methyl sites for hydroxylation is 2. The molecule has 0 radical (unpaired) electrons. The van der Waals surface area contributed by atoms with Crippen molar-refractivity contribution < 1.29 is 4.79 Å². The first kappa shape index (κ1) is 17.6. The van der Waals surface area contributed by atoms with E-state index in [4.69, 9.17) is 11.6 Å². The highest BCUT2D eigenvalue weighted by Gasteiger charge is 2.11. The quantitative estimate of drug-likeness (QED) is 0.709. The van der Waals surface area contributed by atoms with Gasteiger partial charge in [0.1, 0.15) is 5.01 Å². The smallest absolute Gasteiger partial charge is 0.222 e. The van der Waals surface area contributed by atoms with Gasteiger partial charge in [0.25, 0.3) is 0 Å². The highest BCUT2D eigenvalue weighted by Crippen LogP contribution is 2.23. The van der Waals surface area contributed by atoms with Gasteiger partial charge in [-0.3, -0.25) is 9.48 Å². The van der Waals surface area contributed by atoms with Crippen molar-refractivity contribution in [2.24, 2.45) is 0 Å². The van der Waals surface area contributed by atoms with Gasteiger partial charge in [-0.25, -0.2) is 4.98 Å². The van der Waals surface area contributed by atoms with Crippen molar-refractivity contribution in [2.45, 2.75) is 33.4 Å². The minimum atomic E-state index is -0.0297. The molecule has 0 unspecified atom stereocenters. The Labute approximate surface area is 155 Å². The van der Waals surface area contributed by atoms with E-state index in [2.05, 4.69) is 15.4 Å². The molecule has 2 aromatic heterocycles. The van der Waals surface area contributed by atoms with Gasteiger partial charge in [0.05, 0.1) is 35.2 Å². The zero-order chi connectivity index (χ0) is 17.8. The van der Waals surface area contributed by atoms with Crippen LogP contribution in [0.15, 0.2) is 35.7 Å². The van der Waals surface area contributed by atoms with Gasteiger partial charge in [-0.05, 0) is 13.8 Å². The molecule has 130 valence electrons. The summed E-state index contributed by atoms with van der Waals surface area (Å²) in [4.78, 5) is 16.6. The molecule has 7 heteroatoms. The zero-order valence-corrected chi connectivity index (χ0v) is 15.7. The van der Waals surface area contributed by atoms with Crippen LogP contribution in [0.3, 0.4) is 0 Å². The van der Waals surface area contributed by atoms with Crippen LogP contribution in [0.4, 0.5) is 0 Å². The molecule has 0 aliphatic rings. The number of nitrogens with zero attached hydrogens (tertiary/aromatic N) is 3. The second kappa shape index (κ2) is 7.80. The summed E-state index contributed by atoms with van der Waals surface area (Å²) in [6.45, 7) is 4.71. The third kappa shape index (κ3) is 4.27. The van der Waals surface area contributed by atoms with Crippen LogP contribution in [0.2, 0.25) is 5.02 Å². The minimum Gasteiger partial charge on any atom is -0.350 e. The largest absolute Gasteiger partial charge is 0.350 e. The van der Waals surface area contributed by atoms with Gasteiger partial charge in [-0.2, -0.15) is 5.10 Å². The fourth-order valence-corrected chi connectivity index (χ4v) is 3.44. The first-order valence-corrected chi connectivity index (χ1v) is 9.26. The Morgan fingerprint density at radius 1 is 1.28 bits per heavy atom. The Bertz CT molecular complexity index is 873. The molecule has 0 aliphatic carbocycles. The van der Waals surface area contributed by atoms with Gasteiger partial charge in [0, 0.05) is 17.4 Å². The lowest BCUT2D eigenvalue weighted by molar-refractivity contribution is -0.121. The number of benzene rings is 1. The number of nitrogens with one attached hydrogen (secondary N) is 1. The maximum atomic E-state index is 12.1. The molecule has 0 saturated carbocycles. The van der Waals surface area contributed by atoms with E-state index in [1.165, 1.54) is 0 Å². The van der Waals surface area contributed by atoms with Crippen LogP contribution < -0.4 is 5.32 Å². The number of hydrogen-bond donors (Lipinski definition) is 1. The average molecular weight is 375 g/mol. The summed E-state index contributed by atoms with van der Waals surface area (Å²) in [5.41, 5.74) is 3.63. The van der Waals surface area contributed by atoms with E-state index >= 15 is 0 Å². The van der Waals surface area contributed by atoms with Crippen LogP contribution >= 0.6 is 22.9 Å². The predicted molar refractivity (Wildman–Crippen MR) is 101 cm³/mol. The molecule has 0 spiro atoms. The highest BCUT2D eigenvalue weighted by atomic mass is 35.5. The van der Waals surface area contributed by atoms with Crippen molar-refractivity contribution in [3.63, 3.8) is 0 Å². The summed E-state index contributed by atoms with van der Waals surface area (Å²) < 4.78 is 1.77. The Balaban J connectivity index is 1.51. The topological polar surface area (TPSA) is 59.8 Å². The lowest BCUT2D eigenvalue weighted by atomic mass is 10.2. The van der Waals surface area contributed by atoms with E-state index in [0.29, 0.717) is 24.5 Å². The molecule has 0 fully saturated rings. The van der Waals surface area contributed by atoms with E-state index in [1.807, 2.05) is 49.6 Å². The lowest BCUT2D eigenvalue weighted by Crippen LogP contribution is -2.24. The van der Waals surface area contributed by atoms with Gasteiger partial charge in [0.15, 0.2) is 0 Å². The SMILES string of the molecule is Cc1nn(CCC(=O)NCc2csc(-c3ccccc3)n2)c(C)c1Cl. The number of thiazole rings is 1. The van der Waals surface area contributed by atoms with Crippen molar-refractivity contribution in [3.05, 3.63) is 57.8 Å². The van der Waals surface area contributed by atoms with E-state index in [-0.39, 0.29) is 5.91 Å². The monoisotopic (exact) mass is 374 g/mol. The van der Waals surface area contributed by atoms with Crippen LogP contribution in [0.5, 0.6) is 0 Å². The molecule has 1 aromatic carbocycles. The molecule has 5 nitrogen and oxygen atoms in total. The van der Waals surface area contributed by atoms with E-state index in [9.17, 15) is 4.79 Å². The molecular weight excluding hydrogens is 356 g/mol. The van der Waals surface area contributed by atoms with Crippen molar-refractivity contribution in [3.8, 4) is 10.6 Å². The number of hydrogen-bond acceptors (Lipinski definition) is 4. The van der Waals surface area contributed by atoms with Crippen LogP contribution in [0.1, 0.15) is 23.5 Å². The molecule has 1 N–H and O–H groups in total. The van der Waals surface area contributed by atoms with Gasteiger partial charge in [-0.15, -0.1) is 11.3 Å². The number of carbonyl (C=O) groups excluding carboxylic acids is 1. The Morgan fingerprint density at radius 2 is 2.04 bits per heavy atom. The van der Waals surface area contributed by atoms with Crippen LogP contribution in [-0.4, -0.2) is 20.7 Å². The summed E-state index contributed by atoms with van der Waals surface area (Å²) in [5, 5.41) is 10.8. The molecule has 25 heavy (non-hydrogen) atoms. The number of amides is 1. The lowest BCUT2D eigenvalue weighted by Gasteiger charge is -2.05. The van der Waals surface area contributed by atoms with Crippen LogP contribution in [-0.2, 0) is 17.9 Å². The Kier molecular flexibility index (Phi) is 5.50. The normalized spacial score (nSPS) is 10.8. The third-order valence-corrected chi connectivity index (χ3v) is 5.37. The maximum absolute atomic E-state index is 12.1. The van der Waals surface area contributed by atoms with Gasteiger partial charge < -0.3 is 5.32 Å². The molecule has 3 rings (SSSR count).